The van der Waals surface area contributed by atoms with Crippen LogP contribution in [0.3, 0.4) is 0 Å². The van der Waals surface area contributed by atoms with Gasteiger partial charge in [-0.05, 0) is 30.5 Å². The first-order valence-corrected chi connectivity index (χ1v) is 8.65. The molecule has 8 nitrogen and oxygen atoms in total. The van der Waals surface area contributed by atoms with Crippen molar-refractivity contribution in [2.45, 2.75) is 38.9 Å². The number of ether oxygens (including phenoxy) is 3. The van der Waals surface area contributed by atoms with Crippen molar-refractivity contribution in [3.8, 4) is 0 Å². The Balaban J connectivity index is 2.29. The molecule has 0 spiro atoms. The molecule has 1 fully saturated rings. The summed E-state index contributed by atoms with van der Waals surface area (Å²) in [4.78, 5) is 48.4. The predicted octanol–water partition coefficient (Wildman–Crippen LogP) is 2.26. The fourth-order valence-corrected chi connectivity index (χ4v) is 2.84. The van der Waals surface area contributed by atoms with Gasteiger partial charge in [0.1, 0.15) is 6.61 Å². The average Bonchev–Trinajstić information content (AvgIpc) is 2.61. The van der Waals surface area contributed by atoms with Crippen LogP contribution in [0.15, 0.2) is 36.9 Å². The summed E-state index contributed by atoms with van der Waals surface area (Å²) in [5.41, 5.74) is -1.13. The van der Waals surface area contributed by atoms with Crippen molar-refractivity contribution in [1.82, 2.24) is 0 Å². The number of hydrogen-bond donors (Lipinski definition) is 1. The molecule has 1 saturated heterocycles. The predicted molar refractivity (Wildman–Crippen MR) is 96.2 cm³/mol. The van der Waals surface area contributed by atoms with E-state index in [0.29, 0.717) is 5.56 Å². The van der Waals surface area contributed by atoms with Gasteiger partial charge in [0.25, 0.3) is 5.79 Å². The smallest absolute Gasteiger partial charge is 0.335 e. The van der Waals surface area contributed by atoms with Gasteiger partial charge in [0.05, 0.1) is 5.56 Å². The maximum Gasteiger partial charge on any atom is 0.335 e. The Labute approximate surface area is 162 Å². The van der Waals surface area contributed by atoms with Crippen LogP contribution in [-0.2, 0) is 35.0 Å². The fraction of sp³-hybridized carbons (Fsp3) is 0.400. The standard InChI is InChI=1S/C20H22O8/c1-4-11-26-15(21)9-10-20(17(24)27-19(2,3)28-18(20)25)12-13-5-7-14(8-6-13)16(22)23/h4-8H,1,9-12H2,2-3H3,(H,22,23). The lowest BCUT2D eigenvalue weighted by Crippen LogP contribution is -2.55. The molecular formula is C20H22O8. The van der Waals surface area contributed by atoms with Crippen molar-refractivity contribution in [2.24, 2.45) is 5.41 Å². The van der Waals surface area contributed by atoms with Crippen LogP contribution in [0.25, 0.3) is 0 Å². The fourth-order valence-electron chi connectivity index (χ4n) is 2.84. The molecule has 1 aromatic rings. The van der Waals surface area contributed by atoms with Crippen LogP contribution in [0.4, 0.5) is 0 Å². The summed E-state index contributed by atoms with van der Waals surface area (Å²) in [5.74, 6) is -4.69. The van der Waals surface area contributed by atoms with Gasteiger partial charge >= 0.3 is 23.9 Å². The lowest BCUT2D eigenvalue weighted by molar-refractivity contribution is -0.251. The zero-order chi connectivity index (χ0) is 20.9. The zero-order valence-electron chi connectivity index (χ0n) is 15.7. The summed E-state index contributed by atoms with van der Waals surface area (Å²) < 4.78 is 15.4. The maximum atomic E-state index is 12.8. The molecule has 1 heterocycles. The number of benzene rings is 1. The van der Waals surface area contributed by atoms with Crippen LogP contribution < -0.4 is 0 Å². The molecule has 150 valence electrons. The molecule has 0 aromatic heterocycles. The number of aromatic carboxylic acids is 1. The Bertz CT molecular complexity index is 771. The number of esters is 3. The lowest BCUT2D eigenvalue weighted by atomic mass is 9.76. The minimum atomic E-state index is -1.73. The molecule has 0 radical (unpaired) electrons. The molecule has 1 aromatic carbocycles. The molecule has 0 bridgehead atoms. The Morgan fingerprint density at radius 2 is 1.71 bits per heavy atom. The van der Waals surface area contributed by atoms with E-state index in [0.717, 1.165) is 0 Å². The number of rotatable bonds is 8. The minimum absolute atomic E-state index is 0.0183. The summed E-state index contributed by atoms with van der Waals surface area (Å²) in [6, 6.07) is 5.74. The lowest BCUT2D eigenvalue weighted by Gasteiger charge is -2.40. The van der Waals surface area contributed by atoms with E-state index >= 15 is 0 Å². The average molecular weight is 390 g/mol. The van der Waals surface area contributed by atoms with E-state index in [2.05, 4.69) is 6.58 Å². The van der Waals surface area contributed by atoms with E-state index in [1.165, 1.54) is 44.2 Å². The zero-order valence-corrected chi connectivity index (χ0v) is 15.7. The summed E-state index contributed by atoms with van der Waals surface area (Å²) in [5, 5.41) is 9.00. The van der Waals surface area contributed by atoms with Crippen molar-refractivity contribution < 1.29 is 38.5 Å². The highest BCUT2D eigenvalue weighted by Gasteiger charge is 2.56. The van der Waals surface area contributed by atoms with Crippen molar-refractivity contribution in [2.75, 3.05) is 6.61 Å². The molecule has 1 aliphatic rings. The van der Waals surface area contributed by atoms with E-state index in [1.54, 1.807) is 0 Å². The van der Waals surface area contributed by atoms with Gasteiger partial charge in [-0.2, -0.15) is 0 Å². The number of cyclic esters (lactones) is 2. The SMILES string of the molecule is C=CCOC(=O)CCC1(Cc2ccc(C(=O)O)cc2)C(=O)OC(C)(C)OC1=O. The van der Waals surface area contributed by atoms with Crippen molar-refractivity contribution in [1.29, 1.82) is 0 Å². The van der Waals surface area contributed by atoms with Crippen molar-refractivity contribution >= 4 is 23.9 Å². The number of hydrogen-bond acceptors (Lipinski definition) is 7. The molecule has 2 rings (SSSR count). The number of carboxylic acid groups (broad SMARTS) is 1. The van der Waals surface area contributed by atoms with Crippen LogP contribution in [0.1, 0.15) is 42.6 Å². The van der Waals surface area contributed by atoms with Crippen molar-refractivity contribution in [3.63, 3.8) is 0 Å². The normalized spacial score (nSPS) is 17.2. The third-order valence-corrected chi connectivity index (χ3v) is 4.28. The maximum absolute atomic E-state index is 12.8. The second-order valence-electron chi connectivity index (χ2n) is 6.91. The van der Waals surface area contributed by atoms with Crippen LogP contribution in [0.2, 0.25) is 0 Å². The molecule has 0 aliphatic carbocycles. The van der Waals surface area contributed by atoms with Gasteiger partial charge in [-0.1, -0.05) is 24.8 Å². The molecule has 1 N–H and O–H groups in total. The molecule has 0 atom stereocenters. The third kappa shape index (κ3) is 4.76. The quantitative estimate of drug-likeness (QED) is 0.408. The monoisotopic (exact) mass is 390 g/mol. The van der Waals surface area contributed by atoms with E-state index in [4.69, 9.17) is 19.3 Å². The Morgan fingerprint density at radius 3 is 2.21 bits per heavy atom. The van der Waals surface area contributed by atoms with Gasteiger partial charge in [0, 0.05) is 20.3 Å². The number of carbonyl (C=O) groups is 4. The topological polar surface area (TPSA) is 116 Å². The summed E-state index contributed by atoms with van der Waals surface area (Å²) in [6.07, 6.45) is 0.932. The van der Waals surface area contributed by atoms with E-state index in [-0.39, 0.29) is 31.4 Å². The minimum Gasteiger partial charge on any atom is -0.478 e. The first-order chi connectivity index (χ1) is 13.1. The van der Waals surface area contributed by atoms with Crippen molar-refractivity contribution in [3.05, 3.63) is 48.0 Å². The van der Waals surface area contributed by atoms with Crippen LogP contribution in [-0.4, -0.2) is 41.4 Å². The second-order valence-corrected chi connectivity index (χ2v) is 6.91. The Hall–Kier alpha value is -3.16. The van der Waals surface area contributed by atoms with E-state index < -0.39 is 35.1 Å². The first-order valence-electron chi connectivity index (χ1n) is 8.65. The molecule has 0 saturated carbocycles. The van der Waals surface area contributed by atoms with E-state index in [9.17, 15) is 19.2 Å². The molecule has 0 amide bonds. The van der Waals surface area contributed by atoms with Gasteiger partial charge in [0.15, 0.2) is 5.41 Å². The molecular weight excluding hydrogens is 368 g/mol. The van der Waals surface area contributed by atoms with Gasteiger partial charge in [-0.25, -0.2) is 4.79 Å². The highest BCUT2D eigenvalue weighted by atomic mass is 16.7. The van der Waals surface area contributed by atoms with Gasteiger partial charge in [-0.3, -0.25) is 14.4 Å². The summed E-state index contributed by atoms with van der Waals surface area (Å²) >= 11 is 0. The van der Waals surface area contributed by atoms with Gasteiger partial charge in [-0.15, -0.1) is 0 Å². The van der Waals surface area contributed by atoms with E-state index in [1.807, 2.05) is 0 Å². The second kappa shape index (κ2) is 8.24. The first kappa shape index (κ1) is 21.1. The van der Waals surface area contributed by atoms with Gasteiger partial charge in [0.2, 0.25) is 0 Å². The van der Waals surface area contributed by atoms with Crippen LogP contribution >= 0.6 is 0 Å². The largest absolute Gasteiger partial charge is 0.478 e. The molecule has 0 unspecified atom stereocenters. The highest BCUT2D eigenvalue weighted by Crippen LogP contribution is 2.39. The third-order valence-electron chi connectivity index (χ3n) is 4.28. The van der Waals surface area contributed by atoms with Crippen LogP contribution in [0, 0.1) is 5.41 Å². The Kier molecular flexibility index (Phi) is 6.23. The van der Waals surface area contributed by atoms with Crippen LogP contribution in [0.5, 0.6) is 0 Å². The molecule has 1 aliphatic heterocycles. The Morgan fingerprint density at radius 1 is 1.14 bits per heavy atom. The summed E-state index contributed by atoms with van der Waals surface area (Å²) in [6.45, 7) is 6.34. The molecule has 28 heavy (non-hydrogen) atoms. The molecule has 8 heteroatoms. The highest BCUT2D eigenvalue weighted by molar-refractivity contribution is 6.02. The summed E-state index contributed by atoms with van der Waals surface area (Å²) in [7, 11) is 0. The number of carboxylic acids is 1. The number of carbonyl (C=O) groups excluding carboxylic acids is 3. The van der Waals surface area contributed by atoms with Gasteiger partial charge < -0.3 is 19.3 Å².